The highest BCUT2D eigenvalue weighted by molar-refractivity contribution is 5.94. The third-order valence-electron chi connectivity index (χ3n) is 4.70. The Kier molecular flexibility index (Phi) is 8.30. The number of ether oxygens (including phenoxy) is 3. The lowest BCUT2D eigenvalue weighted by atomic mass is 9.99. The van der Waals surface area contributed by atoms with Gasteiger partial charge < -0.3 is 42.2 Å². The number of benzene rings is 2. The van der Waals surface area contributed by atoms with Gasteiger partial charge in [-0.1, -0.05) is 11.2 Å². The molecule has 0 spiro atoms. The maximum atomic E-state index is 12.1. The van der Waals surface area contributed by atoms with Crippen LogP contribution < -0.4 is 37.7 Å². The molecule has 0 aliphatic carbocycles. The minimum Gasteiger partial charge on any atom is -1.00 e. The van der Waals surface area contributed by atoms with Crippen molar-refractivity contribution >= 4 is 11.6 Å². The van der Waals surface area contributed by atoms with E-state index in [1.165, 1.54) is 0 Å². The van der Waals surface area contributed by atoms with Gasteiger partial charge in [0.2, 0.25) is 5.91 Å². The molecule has 0 radical (unpaired) electrons. The van der Waals surface area contributed by atoms with Crippen molar-refractivity contribution in [3.05, 3.63) is 42.2 Å². The van der Waals surface area contributed by atoms with Crippen LogP contribution in [0.5, 0.6) is 17.2 Å². The van der Waals surface area contributed by atoms with E-state index >= 15 is 0 Å². The van der Waals surface area contributed by atoms with E-state index in [4.69, 9.17) is 18.7 Å². The van der Waals surface area contributed by atoms with Crippen LogP contribution in [0.2, 0.25) is 0 Å². The molecule has 8 nitrogen and oxygen atoms in total. The molecule has 166 valence electrons. The fraction of sp³-hybridized carbons (Fsp3) is 0.273. The second-order valence-electron chi connectivity index (χ2n) is 6.67. The zero-order valence-electron chi connectivity index (χ0n) is 18.0. The number of nitrogens with zero attached hydrogens (tertiary/aromatic N) is 1. The molecule has 9 heteroatoms. The van der Waals surface area contributed by atoms with Gasteiger partial charge in [-0.25, -0.2) is 0 Å². The van der Waals surface area contributed by atoms with E-state index in [0.717, 1.165) is 22.3 Å². The SMILES string of the molecule is COc1ccc(-c2conc2-c2cc(C)c(OC)c(OC)c2)cc1NC(=O)CC[NH3+].[Cl-]. The number of halogens is 1. The number of hydrogen-bond donors (Lipinski definition) is 2. The normalized spacial score (nSPS) is 10.2. The quantitative estimate of drug-likeness (QED) is 0.499. The Labute approximate surface area is 187 Å². The van der Waals surface area contributed by atoms with Gasteiger partial charge in [0, 0.05) is 11.1 Å². The number of quaternary nitrogens is 1. The maximum Gasteiger partial charge on any atom is 0.230 e. The second kappa shape index (κ2) is 10.7. The minimum absolute atomic E-state index is 0. The van der Waals surface area contributed by atoms with Crippen molar-refractivity contribution in [2.24, 2.45) is 0 Å². The lowest BCUT2D eigenvalue weighted by Gasteiger charge is -2.13. The Balaban J connectivity index is 0.00000341. The second-order valence-corrected chi connectivity index (χ2v) is 6.67. The lowest BCUT2D eigenvalue weighted by Crippen LogP contribution is -3.00. The molecule has 0 aliphatic rings. The van der Waals surface area contributed by atoms with Crippen LogP contribution in [0.15, 0.2) is 41.1 Å². The van der Waals surface area contributed by atoms with Crippen LogP contribution in [0.4, 0.5) is 5.69 Å². The molecule has 0 saturated heterocycles. The number of carbonyl (C=O) groups is 1. The molecular formula is C22H26ClN3O5. The number of nitrogens with one attached hydrogen (secondary N) is 1. The maximum absolute atomic E-state index is 12.1. The highest BCUT2D eigenvalue weighted by atomic mass is 35.5. The van der Waals surface area contributed by atoms with Gasteiger partial charge in [-0.2, -0.15) is 0 Å². The summed E-state index contributed by atoms with van der Waals surface area (Å²) in [6.45, 7) is 2.45. The zero-order valence-corrected chi connectivity index (χ0v) is 18.7. The van der Waals surface area contributed by atoms with Gasteiger partial charge in [0.15, 0.2) is 11.5 Å². The van der Waals surface area contributed by atoms with E-state index in [1.54, 1.807) is 33.7 Å². The predicted molar refractivity (Wildman–Crippen MR) is 113 cm³/mol. The monoisotopic (exact) mass is 447 g/mol. The summed E-state index contributed by atoms with van der Waals surface area (Å²) in [6, 6.07) is 9.34. The highest BCUT2D eigenvalue weighted by Gasteiger charge is 2.18. The number of aryl methyl sites for hydroxylation is 1. The number of rotatable bonds is 8. The summed E-state index contributed by atoms with van der Waals surface area (Å²) in [7, 11) is 4.76. The Morgan fingerprint density at radius 2 is 1.81 bits per heavy atom. The van der Waals surface area contributed by atoms with E-state index < -0.39 is 0 Å². The molecule has 4 N–H and O–H groups in total. The van der Waals surface area contributed by atoms with Crippen molar-refractivity contribution in [1.82, 2.24) is 5.16 Å². The Morgan fingerprint density at radius 3 is 2.45 bits per heavy atom. The third-order valence-corrected chi connectivity index (χ3v) is 4.70. The van der Waals surface area contributed by atoms with Gasteiger partial charge in [0.1, 0.15) is 17.7 Å². The lowest BCUT2D eigenvalue weighted by molar-refractivity contribution is -0.365. The summed E-state index contributed by atoms with van der Waals surface area (Å²) in [5.41, 5.74) is 8.28. The van der Waals surface area contributed by atoms with Crippen molar-refractivity contribution in [2.75, 3.05) is 33.2 Å². The van der Waals surface area contributed by atoms with E-state index in [0.29, 0.717) is 41.6 Å². The van der Waals surface area contributed by atoms with E-state index in [9.17, 15) is 4.79 Å². The van der Waals surface area contributed by atoms with Gasteiger partial charge >= 0.3 is 0 Å². The molecule has 1 amide bonds. The first kappa shape index (κ1) is 24.0. The summed E-state index contributed by atoms with van der Waals surface area (Å²) in [6.07, 6.45) is 1.90. The minimum atomic E-state index is -0.124. The zero-order chi connectivity index (χ0) is 21.7. The summed E-state index contributed by atoms with van der Waals surface area (Å²) < 4.78 is 21.6. The van der Waals surface area contributed by atoms with Gasteiger partial charge in [-0.05, 0) is 42.3 Å². The average molecular weight is 448 g/mol. The molecule has 0 saturated carbocycles. The van der Waals surface area contributed by atoms with Crippen molar-refractivity contribution in [1.29, 1.82) is 0 Å². The predicted octanol–water partition coefficient (Wildman–Crippen LogP) is -0.0827. The van der Waals surface area contributed by atoms with Crippen molar-refractivity contribution in [3.8, 4) is 39.6 Å². The van der Waals surface area contributed by atoms with Gasteiger partial charge in [0.05, 0.1) is 40.0 Å². The third kappa shape index (κ3) is 5.10. The van der Waals surface area contributed by atoms with Crippen LogP contribution in [0, 0.1) is 6.92 Å². The fourth-order valence-corrected chi connectivity index (χ4v) is 3.29. The van der Waals surface area contributed by atoms with Gasteiger partial charge in [-0.3, -0.25) is 4.79 Å². The van der Waals surface area contributed by atoms with Crippen LogP contribution in [0.25, 0.3) is 22.4 Å². The van der Waals surface area contributed by atoms with E-state index in [-0.39, 0.29) is 18.3 Å². The number of aromatic nitrogens is 1. The molecule has 0 atom stereocenters. The molecule has 2 aromatic carbocycles. The molecule has 1 heterocycles. The number of methoxy groups -OCH3 is 3. The molecule has 1 aromatic heterocycles. The molecule has 0 aliphatic heterocycles. The van der Waals surface area contributed by atoms with Crippen molar-refractivity contribution in [2.45, 2.75) is 13.3 Å². The summed E-state index contributed by atoms with van der Waals surface area (Å²) in [5, 5.41) is 7.07. The molecule has 3 rings (SSSR count). The number of amides is 1. The summed E-state index contributed by atoms with van der Waals surface area (Å²) in [5.74, 6) is 1.72. The van der Waals surface area contributed by atoms with Crippen molar-refractivity contribution in [3.63, 3.8) is 0 Å². The van der Waals surface area contributed by atoms with E-state index in [2.05, 4.69) is 16.2 Å². The molecule has 0 fully saturated rings. The van der Waals surface area contributed by atoms with E-state index in [1.807, 2.05) is 31.2 Å². The molecule has 3 aromatic rings. The van der Waals surface area contributed by atoms with Crippen LogP contribution in [-0.4, -0.2) is 38.9 Å². The van der Waals surface area contributed by atoms with Crippen LogP contribution in [-0.2, 0) is 4.79 Å². The molecular weight excluding hydrogens is 422 g/mol. The number of hydrogen-bond acceptors (Lipinski definition) is 6. The first-order chi connectivity index (χ1) is 14.5. The standard InChI is InChI=1S/C22H25N3O5.ClH/c1-13-9-15(11-19(28-3)22(13)29-4)21-16(12-30-25-21)14-5-6-18(27-2)17(10-14)24-20(26)7-8-23;/h5-6,9-12H,7-8,23H2,1-4H3,(H,24,26);1H. The Bertz CT molecular complexity index is 1050. The first-order valence-electron chi connectivity index (χ1n) is 9.47. The van der Waals surface area contributed by atoms with Crippen LogP contribution in [0.3, 0.4) is 0 Å². The van der Waals surface area contributed by atoms with Crippen LogP contribution in [0.1, 0.15) is 12.0 Å². The Hall–Kier alpha value is -3.23. The van der Waals surface area contributed by atoms with Gasteiger partial charge in [0.25, 0.3) is 0 Å². The fourth-order valence-electron chi connectivity index (χ4n) is 3.29. The highest BCUT2D eigenvalue weighted by Crippen LogP contribution is 2.40. The van der Waals surface area contributed by atoms with Gasteiger partial charge in [-0.15, -0.1) is 0 Å². The largest absolute Gasteiger partial charge is 1.00 e. The Morgan fingerprint density at radius 1 is 1.06 bits per heavy atom. The average Bonchev–Trinajstić information content (AvgIpc) is 3.23. The topological polar surface area (TPSA) is 110 Å². The molecule has 0 bridgehead atoms. The van der Waals surface area contributed by atoms with Crippen LogP contribution >= 0.6 is 0 Å². The molecule has 0 unspecified atom stereocenters. The number of anilines is 1. The summed E-state index contributed by atoms with van der Waals surface area (Å²) in [4.78, 5) is 12.1. The molecule has 31 heavy (non-hydrogen) atoms. The summed E-state index contributed by atoms with van der Waals surface area (Å²) >= 11 is 0. The smallest absolute Gasteiger partial charge is 0.230 e. The number of carbonyl (C=O) groups excluding carboxylic acids is 1. The van der Waals surface area contributed by atoms with Crippen molar-refractivity contribution < 1.29 is 41.7 Å². The first-order valence-corrected chi connectivity index (χ1v) is 9.47.